The number of hydrogen-bond donors (Lipinski definition) is 1. The smallest absolute Gasteiger partial charge is 0.247 e. The highest BCUT2D eigenvalue weighted by molar-refractivity contribution is 5.57. The second-order valence-corrected chi connectivity index (χ2v) is 5.49. The van der Waals surface area contributed by atoms with Crippen LogP contribution in [0.5, 0.6) is 0 Å². The minimum atomic E-state index is -1.54. The molecule has 0 amide bonds. The van der Waals surface area contributed by atoms with Gasteiger partial charge in [0, 0.05) is 13.1 Å². The minimum absolute atomic E-state index is 0.173. The Morgan fingerprint density at radius 1 is 1.00 bits per heavy atom. The van der Waals surface area contributed by atoms with Crippen LogP contribution in [0.2, 0.25) is 0 Å². The number of benzene rings is 2. The zero-order valence-corrected chi connectivity index (χ0v) is 14.0. The molecule has 0 fully saturated rings. The Bertz CT molecular complexity index is 889. The van der Waals surface area contributed by atoms with Crippen LogP contribution in [-0.4, -0.2) is 21.7 Å². The number of nitrogens with one attached hydrogen (secondary N) is 1. The van der Waals surface area contributed by atoms with E-state index in [1.54, 1.807) is 0 Å². The first kappa shape index (κ1) is 17.7. The molecule has 26 heavy (non-hydrogen) atoms. The molecule has 3 rings (SSSR count). The van der Waals surface area contributed by atoms with Gasteiger partial charge in [-0.25, -0.2) is 13.2 Å². The van der Waals surface area contributed by atoms with Crippen molar-refractivity contribution in [3.8, 4) is 0 Å². The van der Waals surface area contributed by atoms with Gasteiger partial charge >= 0.3 is 0 Å². The molecule has 0 atom stereocenters. The summed E-state index contributed by atoms with van der Waals surface area (Å²) >= 11 is 0. The first-order chi connectivity index (χ1) is 12.6. The Kier molecular flexibility index (Phi) is 5.31. The van der Waals surface area contributed by atoms with Crippen molar-refractivity contribution >= 4 is 17.5 Å². The fourth-order valence-corrected chi connectivity index (χ4v) is 2.38. The first-order valence-electron chi connectivity index (χ1n) is 7.97. The van der Waals surface area contributed by atoms with Crippen molar-refractivity contribution in [2.75, 3.05) is 16.8 Å². The first-order valence-corrected chi connectivity index (χ1v) is 7.97. The molecule has 0 aliphatic heterocycles. The maximum Gasteiger partial charge on any atom is 0.247 e. The Hall–Kier alpha value is -3.16. The van der Waals surface area contributed by atoms with Crippen molar-refractivity contribution in [3.63, 3.8) is 0 Å². The largest absolute Gasteiger partial charge is 0.336 e. The van der Waals surface area contributed by atoms with E-state index >= 15 is 0 Å². The minimum Gasteiger partial charge on any atom is -0.336 e. The highest BCUT2D eigenvalue weighted by Gasteiger charge is 2.15. The number of nitrogens with zero attached hydrogens (tertiary/aromatic N) is 4. The van der Waals surface area contributed by atoms with Gasteiger partial charge in [0.1, 0.15) is 0 Å². The van der Waals surface area contributed by atoms with Crippen LogP contribution >= 0.6 is 0 Å². The van der Waals surface area contributed by atoms with Gasteiger partial charge in [-0.15, -0.1) is 5.10 Å². The number of hydrogen-bond acceptors (Lipinski definition) is 5. The molecule has 2 aromatic carbocycles. The summed E-state index contributed by atoms with van der Waals surface area (Å²) in [6.45, 7) is 3.14. The maximum atomic E-state index is 13.8. The van der Waals surface area contributed by atoms with E-state index in [4.69, 9.17) is 0 Å². The summed E-state index contributed by atoms with van der Waals surface area (Å²) in [7, 11) is 0. The van der Waals surface area contributed by atoms with Crippen LogP contribution in [0, 0.1) is 17.5 Å². The summed E-state index contributed by atoms with van der Waals surface area (Å²) in [6.07, 6.45) is 1.28. The van der Waals surface area contributed by atoms with Gasteiger partial charge in [0.25, 0.3) is 0 Å². The zero-order chi connectivity index (χ0) is 18.5. The predicted octanol–water partition coefficient (Wildman–Crippen LogP) is 4.06. The third-order valence-electron chi connectivity index (χ3n) is 3.73. The summed E-state index contributed by atoms with van der Waals surface area (Å²) in [6, 6.07) is 11.7. The van der Waals surface area contributed by atoms with Crippen LogP contribution in [0.3, 0.4) is 0 Å². The van der Waals surface area contributed by atoms with Gasteiger partial charge in [0.15, 0.2) is 23.3 Å². The predicted molar refractivity (Wildman–Crippen MR) is 92.6 cm³/mol. The standard InChI is InChI=1S/C18H16F3N5/c1-2-26(11-12-6-4-3-5-7-12)18-24-15(10-22-25-18)23-14-9-8-13(19)16(20)17(14)21/h3-10H,2,11H2,1H3,(H,23,24,25). The van der Waals surface area contributed by atoms with Crippen molar-refractivity contribution in [1.82, 2.24) is 15.2 Å². The Morgan fingerprint density at radius 3 is 2.50 bits per heavy atom. The lowest BCUT2D eigenvalue weighted by atomic mass is 10.2. The van der Waals surface area contributed by atoms with Crippen molar-refractivity contribution < 1.29 is 13.2 Å². The van der Waals surface area contributed by atoms with Crippen LogP contribution in [0.1, 0.15) is 12.5 Å². The number of anilines is 3. The lowest BCUT2D eigenvalue weighted by molar-refractivity contribution is 0.449. The van der Waals surface area contributed by atoms with Gasteiger partial charge in [-0.05, 0) is 24.6 Å². The number of halogens is 3. The third-order valence-corrected chi connectivity index (χ3v) is 3.73. The summed E-state index contributed by atoms with van der Waals surface area (Å²) in [5.41, 5.74) is 0.837. The van der Waals surface area contributed by atoms with Gasteiger partial charge in [-0.2, -0.15) is 10.1 Å². The third kappa shape index (κ3) is 3.90. The molecule has 0 saturated carbocycles. The monoisotopic (exact) mass is 359 g/mol. The van der Waals surface area contributed by atoms with Crippen LogP contribution in [0.25, 0.3) is 0 Å². The normalized spacial score (nSPS) is 10.6. The van der Waals surface area contributed by atoms with E-state index in [1.807, 2.05) is 42.2 Å². The van der Waals surface area contributed by atoms with E-state index in [0.717, 1.165) is 17.7 Å². The maximum absolute atomic E-state index is 13.8. The highest BCUT2D eigenvalue weighted by Crippen LogP contribution is 2.23. The topological polar surface area (TPSA) is 53.9 Å². The SMILES string of the molecule is CCN(Cc1ccccc1)c1nncc(Nc2ccc(F)c(F)c2F)n1. The average Bonchev–Trinajstić information content (AvgIpc) is 2.67. The lowest BCUT2D eigenvalue weighted by Gasteiger charge is -2.20. The average molecular weight is 359 g/mol. The van der Waals surface area contributed by atoms with Gasteiger partial charge in [-0.3, -0.25) is 0 Å². The van der Waals surface area contributed by atoms with E-state index in [2.05, 4.69) is 20.5 Å². The van der Waals surface area contributed by atoms with E-state index in [0.29, 0.717) is 19.0 Å². The molecular weight excluding hydrogens is 343 g/mol. The molecule has 0 bridgehead atoms. The molecule has 0 saturated heterocycles. The molecule has 0 aliphatic carbocycles. The summed E-state index contributed by atoms with van der Waals surface area (Å²) in [4.78, 5) is 6.17. The van der Waals surface area contributed by atoms with Crippen molar-refractivity contribution in [2.45, 2.75) is 13.5 Å². The number of aromatic nitrogens is 3. The molecule has 1 heterocycles. The quantitative estimate of drug-likeness (QED) is 0.673. The Balaban J connectivity index is 1.82. The molecular formula is C18H16F3N5. The molecule has 134 valence electrons. The molecule has 1 aromatic heterocycles. The van der Waals surface area contributed by atoms with Gasteiger partial charge in [0.05, 0.1) is 11.9 Å². The molecule has 0 unspecified atom stereocenters. The van der Waals surface area contributed by atoms with E-state index in [-0.39, 0.29) is 11.5 Å². The van der Waals surface area contributed by atoms with Gasteiger partial charge in [0.2, 0.25) is 5.95 Å². The molecule has 0 aliphatic rings. The van der Waals surface area contributed by atoms with Gasteiger partial charge in [-0.1, -0.05) is 30.3 Å². The highest BCUT2D eigenvalue weighted by atomic mass is 19.2. The fourth-order valence-electron chi connectivity index (χ4n) is 2.38. The van der Waals surface area contributed by atoms with Crippen molar-refractivity contribution in [3.05, 3.63) is 71.7 Å². The molecule has 0 spiro atoms. The summed E-state index contributed by atoms with van der Waals surface area (Å²) in [5.74, 6) is -3.61. The zero-order valence-electron chi connectivity index (χ0n) is 14.0. The van der Waals surface area contributed by atoms with Gasteiger partial charge < -0.3 is 10.2 Å². The molecule has 3 aromatic rings. The number of rotatable bonds is 6. The summed E-state index contributed by atoms with van der Waals surface area (Å²) < 4.78 is 40.2. The van der Waals surface area contributed by atoms with Crippen molar-refractivity contribution in [1.29, 1.82) is 0 Å². The Morgan fingerprint density at radius 2 is 1.77 bits per heavy atom. The Labute approximate surface area is 148 Å². The van der Waals surface area contributed by atoms with Crippen LogP contribution in [0.4, 0.5) is 30.6 Å². The molecule has 1 N–H and O–H groups in total. The second kappa shape index (κ2) is 7.81. The molecule has 0 radical (unpaired) electrons. The lowest BCUT2D eigenvalue weighted by Crippen LogP contribution is -2.24. The van der Waals surface area contributed by atoms with Crippen molar-refractivity contribution in [2.24, 2.45) is 0 Å². The van der Waals surface area contributed by atoms with Crippen LogP contribution in [-0.2, 0) is 6.54 Å². The summed E-state index contributed by atoms with van der Waals surface area (Å²) in [5, 5.41) is 10.5. The van der Waals surface area contributed by atoms with E-state index in [9.17, 15) is 13.2 Å². The van der Waals surface area contributed by atoms with E-state index < -0.39 is 17.5 Å². The molecule has 8 heteroatoms. The van der Waals surface area contributed by atoms with Crippen LogP contribution < -0.4 is 10.2 Å². The van der Waals surface area contributed by atoms with Crippen LogP contribution in [0.15, 0.2) is 48.7 Å². The molecule has 5 nitrogen and oxygen atoms in total. The van der Waals surface area contributed by atoms with E-state index in [1.165, 1.54) is 6.20 Å². The fraction of sp³-hybridized carbons (Fsp3) is 0.167. The second-order valence-electron chi connectivity index (χ2n) is 5.49.